The largest absolute Gasteiger partial charge is 0.378 e. The zero-order valence-corrected chi connectivity index (χ0v) is 16.6. The number of nitrogens with one attached hydrogen (secondary N) is 2. The molecule has 4 rings (SSSR count). The summed E-state index contributed by atoms with van der Waals surface area (Å²) >= 11 is 7.49. The summed E-state index contributed by atoms with van der Waals surface area (Å²) in [5.74, 6) is 0.782. The Balaban J connectivity index is 1.60. The lowest BCUT2D eigenvalue weighted by Gasteiger charge is -2.08. The number of aromatic nitrogens is 3. The molecule has 7 nitrogen and oxygen atoms in total. The molecule has 2 heterocycles. The van der Waals surface area contributed by atoms with Gasteiger partial charge in [-0.05, 0) is 48.5 Å². The molecule has 29 heavy (non-hydrogen) atoms. The number of carbonyl (C=O) groups excluding carboxylic acids is 1. The van der Waals surface area contributed by atoms with E-state index >= 15 is 0 Å². The van der Waals surface area contributed by atoms with E-state index in [0.29, 0.717) is 22.3 Å². The third kappa shape index (κ3) is 4.29. The van der Waals surface area contributed by atoms with Crippen molar-refractivity contribution < 1.29 is 10.0 Å². The minimum absolute atomic E-state index is 0.363. The van der Waals surface area contributed by atoms with E-state index in [4.69, 9.17) is 16.8 Å². The highest BCUT2D eigenvalue weighted by atomic mass is 35.5. The monoisotopic (exact) mass is 425 g/mol. The predicted molar refractivity (Wildman–Crippen MR) is 113 cm³/mol. The van der Waals surface area contributed by atoms with Crippen molar-refractivity contribution in [2.45, 2.75) is 6.54 Å². The van der Waals surface area contributed by atoms with Crippen LogP contribution in [0.2, 0.25) is 4.34 Å². The molecule has 4 aromatic rings. The van der Waals surface area contributed by atoms with E-state index in [0.717, 1.165) is 22.1 Å². The number of nitrogens with zero attached hydrogens (tertiary/aromatic N) is 3. The first-order chi connectivity index (χ1) is 14.1. The number of benzene rings is 2. The van der Waals surface area contributed by atoms with Crippen LogP contribution in [0.5, 0.6) is 0 Å². The van der Waals surface area contributed by atoms with Crippen molar-refractivity contribution in [2.75, 3.05) is 5.32 Å². The molecule has 0 unspecified atom stereocenters. The maximum Gasteiger partial charge on any atom is 0.274 e. The number of hydrogen-bond acceptors (Lipinski definition) is 6. The highest BCUT2D eigenvalue weighted by Crippen LogP contribution is 2.29. The molecule has 146 valence electrons. The summed E-state index contributed by atoms with van der Waals surface area (Å²) in [5.41, 5.74) is 3.69. The molecular formula is C20H16ClN5O2S. The summed E-state index contributed by atoms with van der Waals surface area (Å²) in [6, 6.07) is 20.2. The first-order valence-corrected chi connectivity index (χ1v) is 9.89. The van der Waals surface area contributed by atoms with Crippen LogP contribution in [0.15, 0.2) is 66.7 Å². The number of rotatable bonds is 6. The van der Waals surface area contributed by atoms with Gasteiger partial charge in [-0.15, -0.1) is 16.4 Å². The van der Waals surface area contributed by atoms with Crippen LogP contribution < -0.4 is 10.8 Å². The molecule has 0 aliphatic heterocycles. The van der Waals surface area contributed by atoms with Crippen molar-refractivity contribution in [1.82, 2.24) is 20.2 Å². The van der Waals surface area contributed by atoms with E-state index in [2.05, 4.69) is 15.4 Å². The number of carbonyl (C=O) groups is 1. The fourth-order valence-corrected chi connectivity index (χ4v) is 3.73. The molecule has 0 radical (unpaired) electrons. The molecule has 0 fully saturated rings. The van der Waals surface area contributed by atoms with Crippen LogP contribution in [0.4, 0.5) is 5.69 Å². The van der Waals surface area contributed by atoms with Crippen LogP contribution in [-0.4, -0.2) is 25.9 Å². The van der Waals surface area contributed by atoms with Gasteiger partial charge in [0.05, 0.1) is 21.4 Å². The topological polar surface area (TPSA) is 92.1 Å². The Hall–Kier alpha value is -3.20. The quantitative estimate of drug-likeness (QED) is 0.315. The fourth-order valence-electron chi connectivity index (χ4n) is 2.76. The lowest BCUT2D eigenvalue weighted by molar-refractivity contribution is 0.0706. The second-order valence-electron chi connectivity index (χ2n) is 6.07. The maximum absolute atomic E-state index is 11.4. The molecule has 0 spiro atoms. The summed E-state index contributed by atoms with van der Waals surface area (Å²) in [6.45, 7) is 0.423. The van der Waals surface area contributed by atoms with Crippen molar-refractivity contribution in [3.63, 3.8) is 0 Å². The van der Waals surface area contributed by atoms with Crippen molar-refractivity contribution in [3.8, 4) is 16.4 Å². The molecule has 3 N–H and O–H groups in total. The SMILES string of the molecule is O=C(NO)c1ccc(NCc2nc(-c3ccc(Cl)s3)nn2-c2ccccc2)cc1. The number of thiophene rings is 1. The Morgan fingerprint density at radius 2 is 1.83 bits per heavy atom. The minimum Gasteiger partial charge on any atom is -0.378 e. The Bertz CT molecular complexity index is 1130. The van der Waals surface area contributed by atoms with Gasteiger partial charge in [0.15, 0.2) is 11.6 Å². The normalized spacial score (nSPS) is 10.7. The van der Waals surface area contributed by atoms with Gasteiger partial charge < -0.3 is 5.32 Å². The van der Waals surface area contributed by atoms with Gasteiger partial charge in [0.25, 0.3) is 5.91 Å². The van der Waals surface area contributed by atoms with Crippen molar-refractivity contribution in [1.29, 1.82) is 0 Å². The molecule has 1 amide bonds. The lowest BCUT2D eigenvalue weighted by atomic mass is 10.2. The summed E-state index contributed by atoms with van der Waals surface area (Å²) in [5, 5.41) is 16.7. The van der Waals surface area contributed by atoms with Crippen LogP contribution in [0, 0.1) is 0 Å². The van der Waals surface area contributed by atoms with Crippen LogP contribution in [0.25, 0.3) is 16.4 Å². The van der Waals surface area contributed by atoms with Crippen molar-refractivity contribution in [3.05, 3.63) is 82.5 Å². The van der Waals surface area contributed by atoms with Gasteiger partial charge in [0, 0.05) is 11.3 Å². The van der Waals surface area contributed by atoms with E-state index in [1.807, 2.05) is 42.5 Å². The molecule has 0 aliphatic carbocycles. The second-order valence-corrected chi connectivity index (χ2v) is 7.79. The average molecular weight is 426 g/mol. The smallest absolute Gasteiger partial charge is 0.274 e. The van der Waals surface area contributed by atoms with Crippen molar-refractivity contribution in [2.24, 2.45) is 0 Å². The molecule has 2 aromatic heterocycles. The fraction of sp³-hybridized carbons (Fsp3) is 0.0500. The number of para-hydroxylation sites is 1. The first-order valence-electron chi connectivity index (χ1n) is 8.69. The number of halogens is 1. The molecule has 0 saturated heterocycles. The molecule has 0 aliphatic rings. The minimum atomic E-state index is -0.556. The van der Waals surface area contributed by atoms with Gasteiger partial charge in [0.1, 0.15) is 0 Å². The summed E-state index contributed by atoms with van der Waals surface area (Å²) < 4.78 is 2.48. The second kappa shape index (κ2) is 8.44. The third-order valence-electron chi connectivity index (χ3n) is 4.17. The Kier molecular flexibility index (Phi) is 5.57. The van der Waals surface area contributed by atoms with E-state index < -0.39 is 5.91 Å². The number of hydrogen-bond donors (Lipinski definition) is 3. The van der Waals surface area contributed by atoms with Crippen molar-refractivity contribution >= 4 is 34.5 Å². The molecule has 0 saturated carbocycles. The van der Waals surface area contributed by atoms with E-state index in [1.54, 1.807) is 34.4 Å². The lowest BCUT2D eigenvalue weighted by Crippen LogP contribution is -2.18. The molecule has 0 bridgehead atoms. The van der Waals surface area contributed by atoms with Crippen LogP contribution in [0.3, 0.4) is 0 Å². The van der Waals surface area contributed by atoms with Crippen LogP contribution in [0.1, 0.15) is 16.2 Å². The highest BCUT2D eigenvalue weighted by molar-refractivity contribution is 7.19. The highest BCUT2D eigenvalue weighted by Gasteiger charge is 2.14. The van der Waals surface area contributed by atoms with E-state index in [1.165, 1.54) is 11.3 Å². The van der Waals surface area contributed by atoms with Crippen LogP contribution in [-0.2, 0) is 6.54 Å². The Morgan fingerprint density at radius 3 is 2.48 bits per heavy atom. The maximum atomic E-state index is 11.4. The zero-order valence-electron chi connectivity index (χ0n) is 15.0. The van der Waals surface area contributed by atoms with Crippen LogP contribution >= 0.6 is 22.9 Å². The van der Waals surface area contributed by atoms with E-state index in [9.17, 15) is 4.79 Å². The first kappa shape index (κ1) is 19.1. The third-order valence-corrected chi connectivity index (χ3v) is 5.39. The number of hydroxylamine groups is 1. The molecule has 9 heteroatoms. The van der Waals surface area contributed by atoms with Gasteiger partial charge in [-0.1, -0.05) is 29.8 Å². The standard InChI is InChI=1S/C20H16ClN5O2S/c21-17-11-10-16(29-17)19-23-18(26(24-19)15-4-2-1-3-5-15)12-22-14-8-6-13(7-9-14)20(27)25-28/h1-11,22,28H,12H2,(H,25,27). The summed E-state index contributed by atoms with van der Waals surface area (Å²) in [7, 11) is 0. The summed E-state index contributed by atoms with van der Waals surface area (Å²) in [4.78, 5) is 17.0. The van der Waals surface area contributed by atoms with Gasteiger partial charge in [-0.3, -0.25) is 10.0 Å². The van der Waals surface area contributed by atoms with Gasteiger partial charge in [-0.25, -0.2) is 15.1 Å². The molecular weight excluding hydrogens is 410 g/mol. The van der Waals surface area contributed by atoms with Gasteiger partial charge in [0.2, 0.25) is 0 Å². The summed E-state index contributed by atoms with van der Waals surface area (Å²) in [6.07, 6.45) is 0. The van der Waals surface area contributed by atoms with Gasteiger partial charge in [-0.2, -0.15) is 0 Å². The Morgan fingerprint density at radius 1 is 1.07 bits per heavy atom. The number of anilines is 1. The average Bonchev–Trinajstić information content (AvgIpc) is 3.39. The van der Waals surface area contributed by atoms with E-state index in [-0.39, 0.29) is 0 Å². The molecule has 0 atom stereocenters. The molecule has 2 aromatic carbocycles. The zero-order chi connectivity index (χ0) is 20.2. The number of amides is 1. The predicted octanol–water partition coefficient (Wildman–Crippen LogP) is 4.38. The Labute approximate surface area is 175 Å². The van der Waals surface area contributed by atoms with Gasteiger partial charge >= 0.3 is 0 Å².